The molecule has 0 bridgehead atoms. The van der Waals surface area contributed by atoms with E-state index in [9.17, 15) is 15.2 Å². The quantitative estimate of drug-likeness (QED) is 0.176. The van der Waals surface area contributed by atoms with Crippen LogP contribution < -0.4 is 5.32 Å². The Bertz CT molecular complexity index is 611. The van der Waals surface area contributed by atoms with E-state index in [0.29, 0.717) is 13.1 Å². The first-order chi connectivity index (χ1) is 11.5. The second-order valence-corrected chi connectivity index (χ2v) is 6.09. The number of likely N-dealkylation sites (tertiary alicyclic amines) is 1. The van der Waals surface area contributed by atoms with E-state index < -0.39 is 4.92 Å². The number of nitro groups is 1. The van der Waals surface area contributed by atoms with E-state index in [2.05, 4.69) is 21.8 Å². The second-order valence-electron chi connectivity index (χ2n) is 6.09. The van der Waals surface area contributed by atoms with Crippen LogP contribution in [0.15, 0.2) is 41.4 Å². The molecule has 0 aliphatic carbocycles. The van der Waals surface area contributed by atoms with Crippen LogP contribution in [0.5, 0.6) is 0 Å². The number of piperidine rings is 1. The maximum absolute atomic E-state index is 10.7. The lowest BCUT2D eigenvalue weighted by Crippen LogP contribution is -2.47. The average molecular weight is 460 g/mol. The molecule has 1 aliphatic heterocycles. The minimum Gasteiger partial charge on any atom is -0.393 e. The largest absolute Gasteiger partial charge is 0.393 e. The summed E-state index contributed by atoms with van der Waals surface area (Å²) in [7, 11) is 0. The Kier molecular flexibility index (Phi) is 8.84. The fourth-order valence-electron chi connectivity index (χ4n) is 2.46. The van der Waals surface area contributed by atoms with Gasteiger partial charge in [-0.1, -0.05) is 24.3 Å². The fourth-order valence-corrected chi connectivity index (χ4v) is 2.46. The Balaban J connectivity index is 0.00000312. The van der Waals surface area contributed by atoms with Gasteiger partial charge in [0, 0.05) is 31.8 Å². The van der Waals surface area contributed by atoms with E-state index in [1.165, 1.54) is 12.1 Å². The van der Waals surface area contributed by atoms with Gasteiger partial charge in [0.05, 0.1) is 17.6 Å². The highest BCUT2D eigenvalue weighted by Gasteiger charge is 2.19. The van der Waals surface area contributed by atoms with Gasteiger partial charge in [0.25, 0.3) is 5.69 Å². The summed E-state index contributed by atoms with van der Waals surface area (Å²) in [5.41, 5.74) is 2.00. The summed E-state index contributed by atoms with van der Waals surface area (Å²) in [5.74, 6) is 0.781. The number of nitrogens with zero attached hydrogens (tertiary/aromatic N) is 3. The summed E-state index contributed by atoms with van der Waals surface area (Å²) >= 11 is 0. The highest BCUT2D eigenvalue weighted by atomic mass is 127. The van der Waals surface area contributed by atoms with Gasteiger partial charge < -0.3 is 15.3 Å². The van der Waals surface area contributed by atoms with Gasteiger partial charge in [0.1, 0.15) is 0 Å². The van der Waals surface area contributed by atoms with Crippen LogP contribution in [-0.2, 0) is 6.54 Å². The van der Waals surface area contributed by atoms with Crippen LogP contribution in [0, 0.1) is 10.1 Å². The SMILES string of the molecule is C=C(C)CNC(=NCc1ccc([N+](=O)[O-])cc1)N1CCC(O)CC1.I. The van der Waals surface area contributed by atoms with Gasteiger partial charge in [-0.15, -0.1) is 24.0 Å². The van der Waals surface area contributed by atoms with Crippen LogP contribution in [0.4, 0.5) is 5.69 Å². The third-order valence-corrected chi connectivity index (χ3v) is 3.87. The molecule has 2 rings (SSSR count). The standard InChI is InChI=1S/C17H24N4O3.HI/c1-13(2)11-18-17(20-9-7-16(22)8-10-20)19-12-14-3-5-15(6-4-14)21(23)24;/h3-6,16,22H,1,7-12H2,2H3,(H,18,19);1H. The molecule has 8 heteroatoms. The normalized spacial score (nSPS) is 15.4. The molecule has 1 fully saturated rings. The van der Waals surface area contributed by atoms with Gasteiger partial charge in [0.2, 0.25) is 0 Å². The monoisotopic (exact) mass is 460 g/mol. The minimum atomic E-state index is -0.411. The number of hydrogen-bond donors (Lipinski definition) is 2. The first-order valence-corrected chi connectivity index (χ1v) is 8.04. The van der Waals surface area contributed by atoms with Crippen LogP contribution in [0.1, 0.15) is 25.3 Å². The summed E-state index contributed by atoms with van der Waals surface area (Å²) in [4.78, 5) is 17.0. The molecule has 7 nitrogen and oxygen atoms in total. The maximum atomic E-state index is 10.7. The zero-order valence-electron chi connectivity index (χ0n) is 14.4. The molecule has 138 valence electrons. The lowest BCUT2D eigenvalue weighted by Gasteiger charge is -2.32. The minimum absolute atomic E-state index is 0. The van der Waals surface area contributed by atoms with Crippen molar-refractivity contribution in [2.24, 2.45) is 4.99 Å². The van der Waals surface area contributed by atoms with E-state index in [-0.39, 0.29) is 35.8 Å². The number of halogens is 1. The van der Waals surface area contributed by atoms with Crippen LogP contribution in [0.3, 0.4) is 0 Å². The molecule has 1 heterocycles. The van der Waals surface area contributed by atoms with Crippen molar-refractivity contribution < 1.29 is 10.0 Å². The zero-order chi connectivity index (χ0) is 17.5. The van der Waals surface area contributed by atoms with Crippen molar-refractivity contribution in [3.05, 3.63) is 52.1 Å². The Hall–Kier alpha value is -1.68. The molecule has 0 radical (unpaired) electrons. The number of nitro benzene ring substituents is 1. The number of aliphatic imine (C=N–C) groups is 1. The van der Waals surface area contributed by atoms with Crippen molar-refractivity contribution in [1.29, 1.82) is 0 Å². The molecule has 0 atom stereocenters. The number of nitrogens with one attached hydrogen (secondary N) is 1. The molecule has 0 aromatic heterocycles. The Labute approximate surface area is 165 Å². The van der Waals surface area contributed by atoms with Crippen molar-refractivity contribution in [3.8, 4) is 0 Å². The Morgan fingerprint density at radius 2 is 2.00 bits per heavy atom. The lowest BCUT2D eigenvalue weighted by molar-refractivity contribution is -0.384. The molecule has 1 aromatic rings. The molecule has 1 aliphatic rings. The molecule has 0 saturated carbocycles. The maximum Gasteiger partial charge on any atom is 0.269 e. The van der Waals surface area contributed by atoms with Crippen molar-refractivity contribution >= 4 is 35.6 Å². The smallest absolute Gasteiger partial charge is 0.269 e. The van der Waals surface area contributed by atoms with Gasteiger partial charge >= 0.3 is 0 Å². The number of guanidine groups is 1. The number of aliphatic hydroxyl groups excluding tert-OH is 1. The van der Waals surface area contributed by atoms with Gasteiger partial charge in [-0.05, 0) is 25.3 Å². The van der Waals surface area contributed by atoms with Crippen molar-refractivity contribution in [2.45, 2.75) is 32.4 Å². The molecular formula is C17H25IN4O3. The molecule has 1 aromatic carbocycles. The van der Waals surface area contributed by atoms with Gasteiger partial charge in [-0.3, -0.25) is 10.1 Å². The average Bonchev–Trinajstić information content (AvgIpc) is 2.56. The number of hydrogen-bond acceptors (Lipinski definition) is 4. The highest BCUT2D eigenvalue weighted by molar-refractivity contribution is 14.0. The first kappa shape index (κ1) is 21.4. The summed E-state index contributed by atoms with van der Waals surface area (Å²) in [6.07, 6.45) is 1.22. The molecular weight excluding hydrogens is 435 g/mol. The van der Waals surface area contributed by atoms with E-state index in [1.807, 2.05) is 6.92 Å². The fraction of sp³-hybridized carbons (Fsp3) is 0.471. The number of aliphatic hydroxyl groups is 1. The summed E-state index contributed by atoms with van der Waals surface area (Å²) in [6, 6.07) is 6.42. The van der Waals surface area contributed by atoms with Crippen LogP contribution in [0.25, 0.3) is 0 Å². The molecule has 2 N–H and O–H groups in total. The molecule has 0 spiro atoms. The van der Waals surface area contributed by atoms with Gasteiger partial charge in [-0.25, -0.2) is 4.99 Å². The Morgan fingerprint density at radius 3 is 2.52 bits per heavy atom. The summed E-state index contributed by atoms with van der Waals surface area (Å²) in [6.45, 7) is 8.42. The first-order valence-electron chi connectivity index (χ1n) is 8.04. The highest BCUT2D eigenvalue weighted by Crippen LogP contribution is 2.14. The molecule has 0 amide bonds. The number of benzene rings is 1. The third kappa shape index (κ3) is 6.99. The molecule has 0 unspecified atom stereocenters. The molecule has 1 saturated heterocycles. The zero-order valence-corrected chi connectivity index (χ0v) is 16.7. The summed E-state index contributed by atoms with van der Waals surface area (Å²) in [5, 5.41) is 23.6. The second kappa shape index (κ2) is 10.3. The van der Waals surface area contributed by atoms with Crippen molar-refractivity contribution in [3.63, 3.8) is 0 Å². The topological polar surface area (TPSA) is 91.0 Å². The predicted octanol–water partition coefficient (Wildman–Crippen LogP) is 2.69. The lowest BCUT2D eigenvalue weighted by atomic mass is 10.1. The van der Waals surface area contributed by atoms with Crippen molar-refractivity contribution in [2.75, 3.05) is 19.6 Å². The van der Waals surface area contributed by atoms with Crippen LogP contribution in [-0.4, -0.2) is 46.6 Å². The number of rotatable bonds is 5. The third-order valence-electron chi connectivity index (χ3n) is 3.87. The van der Waals surface area contributed by atoms with E-state index in [4.69, 9.17) is 0 Å². The van der Waals surface area contributed by atoms with Crippen LogP contribution >= 0.6 is 24.0 Å². The number of non-ortho nitro benzene ring substituents is 1. The van der Waals surface area contributed by atoms with Crippen molar-refractivity contribution in [1.82, 2.24) is 10.2 Å². The van der Waals surface area contributed by atoms with Crippen LogP contribution in [0.2, 0.25) is 0 Å². The Morgan fingerprint density at radius 1 is 1.40 bits per heavy atom. The van der Waals surface area contributed by atoms with E-state index in [0.717, 1.165) is 43.0 Å². The van der Waals surface area contributed by atoms with E-state index in [1.54, 1.807) is 12.1 Å². The van der Waals surface area contributed by atoms with Gasteiger partial charge in [0.15, 0.2) is 5.96 Å². The van der Waals surface area contributed by atoms with E-state index >= 15 is 0 Å². The van der Waals surface area contributed by atoms with Gasteiger partial charge in [-0.2, -0.15) is 0 Å². The summed E-state index contributed by atoms with van der Waals surface area (Å²) < 4.78 is 0. The predicted molar refractivity (Wildman–Crippen MR) is 109 cm³/mol. The molecule has 25 heavy (non-hydrogen) atoms.